The molecule has 2 aromatic rings. The Balaban J connectivity index is 1.68. The molecule has 24 heavy (non-hydrogen) atoms. The molecule has 0 saturated carbocycles. The second kappa shape index (κ2) is 6.70. The first-order chi connectivity index (χ1) is 11.9. The van der Waals surface area contributed by atoms with E-state index in [0.29, 0.717) is 6.61 Å². The monoisotopic (exact) mass is 321 g/mol. The van der Waals surface area contributed by atoms with Crippen LogP contribution in [0.3, 0.4) is 0 Å². The Hall–Kier alpha value is -2.26. The number of ether oxygens (including phenoxy) is 2. The molecule has 4 rings (SSSR count). The maximum Gasteiger partial charge on any atom is 0.168 e. The third-order valence-corrected chi connectivity index (χ3v) is 4.83. The van der Waals surface area contributed by atoms with Crippen LogP contribution in [0.1, 0.15) is 19.8 Å². The Morgan fingerprint density at radius 1 is 1.04 bits per heavy atom. The minimum Gasteiger partial charge on any atom is -0.489 e. The zero-order valence-electron chi connectivity index (χ0n) is 14.0. The fourth-order valence-electron chi connectivity index (χ4n) is 3.69. The molecule has 0 amide bonds. The van der Waals surface area contributed by atoms with Gasteiger partial charge in [0.25, 0.3) is 0 Å². The van der Waals surface area contributed by atoms with Crippen LogP contribution in [0.5, 0.6) is 11.5 Å². The molecule has 3 heteroatoms. The van der Waals surface area contributed by atoms with E-state index in [2.05, 4.69) is 41.7 Å². The molecular formula is C21H23NO2. The van der Waals surface area contributed by atoms with Crippen molar-refractivity contribution in [1.29, 1.82) is 0 Å². The molecule has 1 heterocycles. The first kappa shape index (κ1) is 15.3. The average Bonchev–Trinajstić information content (AvgIpc) is 3.22. The summed E-state index contributed by atoms with van der Waals surface area (Å²) in [4.78, 5) is 0. The molecule has 0 radical (unpaired) electrons. The van der Waals surface area contributed by atoms with Gasteiger partial charge in [-0.15, -0.1) is 0 Å². The van der Waals surface area contributed by atoms with Crippen LogP contribution in [0.15, 0.2) is 59.7 Å². The Kier molecular flexibility index (Phi) is 4.26. The van der Waals surface area contributed by atoms with Crippen LogP contribution in [0.2, 0.25) is 0 Å². The zero-order valence-corrected chi connectivity index (χ0v) is 14.0. The summed E-state index contributed by atoms with van der Waals surface area (Å²) in [6.45, 7) is 4.63. The van der Waals surface area contributed by atoms with E-state index >= 15 is 0 Å². The van der Waals surface area contributed by atoms with Gasteiger partial charge < -0.3 is 14.8 Å². The molecule has 1 N–H and O–H groups in total. The number of para-hydroxylation sites is 1. The van der Waals surface area contributed by atoms with Crippen LogP contribution in [0.25, 0.3) is 11.1 Å². The average molecular weight is 321 g/mol. The van der Waals surface area contributed by atoms with Crippen LogP contribution in [-0.4, -0.2) is 25.8 Å². The standard InChI is InChI=1S/C21H23NO2/c1-2-23-21-17(15-7-4-3-5-8-15)9-6-10-20(21)24-19-12-11-16-13-22-14-18(16)19/h3-10,19,22H,2,11-14H2,1H3/t19-/m1/s1. The van der Waals surface area contributed by atoms with E-state index < -0.39 is 0 Å². The summed E-state index contributed by atoms with van der Waals surface area (Å²) < 4.78 is 12.4. The molecule has 0 aromatic heterocycles. The van der Waals surface area contributed by atoms with E-state index in [1.807, 2.05) is 19.1 Å². The predicted molar refractivity (Wildman–Crippen MR) is 96.6 cm³/mol. The van der Waals surface area contributed by atoms with Crippen LogP contribution in [-0.2, 0) is 0 Å². The van der Waals surface area contributed by atoms with Gasteiger partial charge in [-0.25, -0.2) is 0 Å². The van der Waals surface area contributed by atoms with Crippen LogP contribution >= 0.6 is 0 Å². The Bertz CT molecular complexity index is 752. The third kappa shape index (κ3) is 2.80. The molecule has 0 saturated heterocycles. The van der Waals surface area contributed by atoms with Crippen molar-refractivity contribution in [1.82, 2.24) is 5.32 Å². The third-order valence-electron chi connectivity index (χ3n) is 4.83. The smallest absolute Gasteiger partial charge is 0.168 e. The lowest BCUT2D eigenvalue weighted by molar-refractivity contribution is 0.219. The Morgan fingerprint density at radius 3 is 2.75 bits per heavy atom. The molecule has 0 fully saturated rings. The highest BCUT2D eigenvalue weighted by atomic mass is 16.5. The fraction of sp³-hybridized carbons (Fsp3) is 0.333. The summed E-state index contributed by atoms with van der Waals surface area (Å²) in [5.41, 5.74) is 5.23. The molecule has 0 unspecified atom stereocenters. The SMILES string of the molecule is CCOc1c(O[C@@H]2CCC3=C2CNC3)cccc1-c1ccccc1. The second-order valence-electron chi connectivity index (χ2n) is 6.31. The molecule has 3 nitrogen and oxygen atoms in total. The molecule has 0 spiro atoms. The summed E-state index contributed by atoms with van der Waals surface area (Å²) in [6, 6.07) is 16.5. The van der Waals surface area contributed by atoms with Crippen LogP contribution in [0.4, 0.5) is 0 Å². The highest BCUT2D eigenvalue weighted by Crippen LogP contribution is 2.41. The molecule has 1 atom stereocenters. The second-order valence-corrected chi connectivity index (χ2v) is 6.31. The van der Waals surface area contributed by atoms with Crippen molar-refractivity contribution in [3.63, 3.8) is 0 Å². The van der Waals surface area contributed by atoms with Crippen LogP contribution < -0.4 is 14.8 Å². The van der Waals surface area contributed by atoms with Crippen molar-refractivity contribution >= 4 is 0 Å². The van der Waals surface area contributed by atoms with Crippen molar-refractivity contribution in [3.05, 3.63) is 59.7 Å². The Morgan fingerprint density at radius 2 is 1.92 bits per heavy atom. The van der Waals surface area contributed by atoms with Gasteiger partial charge in [0.1, 0.15) is 6.10 Å². The zero-order chi connectivity index (χ0) is 16.4. The van der Waals surface area contributed by atoms with E-state index in [-0.39, 0.29) is 6.10 Å². The first-order valence-electron chi connectivity index (χ1n) is 8.76. The van der Waals surface area contributed by atoms with E-state index in [4.69, 9.17) is 9.47 Å². The van der Waals surface area contributed by atoms with Crippen LogP contribution in [0, 0.1) is 0 Å². The van der Waals surface area contributed by atoms with Gasteiger partial charge in [0.15, 0.2) is 11.5 Å². The van der Waals surface area contributed by atoms with Crippen molar-refractivity contribution in [3.8, 4) is 22.6 Å². The summed E-state index contributed by atoms with van der Waals surface area (Å²) >= 11 is 0. The molecular weight excluding hydrogens is 298 g/mol. The van der Waals surface area contributed by atoms with Gasteiger partial charge in [0, 0.05) is 18.7 Å². The number of hydrogen-bond acceptors (Lipinski definition) is 3. The molecule has 1 aliphatic heterocycles. The quantitative estimate of drug-likeness (QED) is 0.838. The lowest BCUT2D eigenvalue weighted by Gasteiger charge is -2.21. The van der Waals surface area contributed by atoms with Gasteiger partial charge in [-0.05, 0) is 37.0 Å². The largest absolute Gasteiger partial charge is 0.489 e. The maximum absolute atomic E-state index is 6.41. The van der Waals surface area contributed by atoms with E-state index in [1.165, 1.54) is 11.1 Å². The van der Waals surface area contributed by atoms with Crippen molar-refractivity contribution in [2.75, 3.05) is 19.7 Å². The molecule has 124 valence electrons. The molecule has 1 aliphatic carbocycles. The van der Waals surface area contributed by atoms with Gasteiger partial charge >= 0.3 is 0 Å². The van der Waals surface area contributed by atoms with E-state index in [1.54, 1.807) is 0 Å². The first-order valence-corrected chi connectivity index (χ1v) is 8.76. The normalized spacial score (nSPS) is 19.5. The minimum absolute atomic E-state index is 0.181. The summed E-state index contributed by atoms with van der Waals surface area (Å²) in [7, 11) is 0. The Labute approximate surface area is 143 Å². The van der Waals surface area contributed by atoms with E-state index in [9.17, 15) is 0 Å². The van der Waals surface area contributed by atoms with Gasteiger partial charge in [-0.2, -0.15) is 0 Å². The minimum atomic E-state index is 0.181. The lowest BCUT2D eigenvalue weighted by Crippen LogP contribution is -2.22. The topological polar surface area (TPSA) is 30.5 Å². The highest BCUT2D eigenvalue weighted by Gasteiger charge is 2.30. The van der Waals surface area contributed by atoms with E-state index in [0.717, 1.165) is 48.6 Å². The summed E-state index contributed by atoms with van der Waals surface area (Å²) in [5.74, 6) is 1.70. The molecule has 2 aliphatic rings. The van der Waals surface area contributed by atoms with Crippen molar-refractivity contribution in [2.45, 2.75) is 25.9 Å². The number of benzene rings is 2. The van der Waals surface area contributed by atoms with Gasteiger partial charge in [0.05, 0.1) is 6.61 Å². The maximum atomic E-state index is 6.41. The molecule has 2 aromatic carbocycles. The van der Waals surface area contributed by atoms with Crippen molar-refractivity contribution in [2.24, 2.45) is 0 Å². The number of rotatable bonds is 5. The van der Waals surface area contributed by atoms with Gasteiger partial charge in [-0.3, -0.25) is 0 Å². The lowest BCUT2D eigenvalue weighted by atomic mass is 10.0. The summed E-state index contributed by atoms with van der Waals surface area (Å²) in [5, 5.41) is 3.43. The number of nitrogens with one attached hydrogen (secondary N) is 1. The number of hydrogen-bond donors (Lipinski definition) is 1. The fourth-order valence-corrected chi connectivity index (χ4v) is 3.69. The summed E-state index contributed by atoms with van der Waals surface area (Å²) in [6.07, 6.45) is 2.41. The van der Waals surface area contributed by atoms with Crippen molar-refractivity contribution < 1.29 is 9.47 Å². The molecule has 0 bridgehead atoms. The van der Waals surface area contributed by atoms with Gasteiger partial charge in [-0.1, -0.05) is 48.0 Å². The van der Waals surface area contributed by atoms with Gasteiger partial charge in [0.2, 0.25) is 0 Å². The predicted octanol–water partition coefficient (Wildman–Crippen LogP) is 4.19. The highest BCUT2D eigenvalue weighted by molar-refractivity contribution is 5.73.